The molecule has 0 spiro atoms. The van der Waals surface area contributed by atoms with Crippen LogP contribution in [0.15, 0.2) is 60.7 Å². The third-order valence-electron chi connectivity index (χ3n) is 5.73. The topological polar surface area (TPSA) is 94.5 Å². The fourth-order valence-corrected chi connectivity index (χ4v) is 3.96. The molecule has 1 saturated heterocycles. The lowest BCUT2D eigenvalue weighted by molar-refractivity contribution is 0.102. The fraction of sp³-hybridized carbons (Fsp3) is 0.192. The van der Waals surface area contributed by atoms with Crippen LogP contribution < -0.4 is 15.4 Å². The number of hydrogen-bond acceptors (Lipinski definition) is 4. The number of nitrogens with one attached hydrogen (secondary N) is 3. The maximum absolute atomic E-state index is 14.9. The van der Waals surface area contributed by atoms with Gasteiger partial charge in [0, 0.05) is 29.4 Å². The molecule has 1 aliphatic rings. The highest BCUT2D eigenvalue weighted by Crippen LogP contribution is 2.25. The molecule has 3 aromatic rings. The van der Waals surface area contributed by atoms with Gasteiger partial charge in [-0.2, -0.15) is 0 Å². The molecule has 0 unspecified atom stereocenters. The highest BCUT2D eigenvalue weighted by atomic mass is 35.5. The Labute approximate surface area is 207 Å². The Bertz CT molecular complexity index is 1270. The van der Waals surface area contributed by atoms with E-state index < -0.39 is 17.6 Å². The molecule has 0 aliphatic carbocycles. The van der Waals surface area contributed by atoms with Crippen LogP contribution >= 0.6 is 11.6 Å². The molecule has 3 N–H and O–H groups in total. The van der Waals surface area contributed by atoms with Gasteiger partial charge in [0.05, 0.1) is 23.9 Å². The van der Waals surface area contributed by atoms with Crippen molar-refractivity contribution in [3.8, 4) is 5.75 Å². The number of rotatable bonds is 6. The number of anilines is 2. The normalized spacial score (nSPS) is 12.8. The molecular formula is C26H24ClFN4O3. The van der Waals surface area contributed by atoms with Crippen LogP contribution in [0.4, 0.5) is 15.8 Å². The number of amidine groups is 1. The minimum absolute atomic E-state index is 0.139. The first-order valence-corrected chi connectivity index (χ1v) is 11.4. The Morgan fingerprint density at radius 1 is 0.943 bits per heavy atom. The van der Waals surface area contributed by atoms with Gasteiger partial charge in [0.25, 0.3) is 11.8 Å². The second-order valence-corrected chi connectivity index (χ2v) is 8.50. The Balaban J connectivity index is 1.55. The predicted molar refractivity (Wildman–Crippen MR) is 134 cm³/mol. The number of methoxy groups -OCH3 is 1. The summed E-state index contributed by atoms with van der Waals surface area (Å²) in [7, 11) is 1.46. The van der Waals surface area contributed by atoms with E-state index in [4.69, 9.17) is 21.7 Å². The minimum Gasteiger partial charge on any atom is -0.497 e. The van der Waals surface area contributed by atoms with Crippen molar-refractivity contribution < 1.29 is 18.7 Å². The molecule has 4 rings (SSSR count). The van der Waals surface area contributed by atoms with E-state index in [1.54, 1.807) is 36.4 Å². The van der Waals surface area contributed by atoms with Gasteiger partial charge in [-0.05, 0) is 67.4 Å². The third-order valence-corrected chi connectivity index (χ3v) is 5.98. The molecule has 7 nitrogen and oxygen atoms in total. The Hall–Kier alpha value is -3.91. The van der Waals surface area contributed by atoms with Crippen molar-refractivity contribution in [2.24, 2.45) is 0 Å². The fourth-order valence-electron chi connectivity index (χ4n) is 3.84. The number of nitrogens with zero attached hydrogens (tertiary/aromatic N) is 1. The first-order chi connectivity index (χ1) is 16.9. The van der Waals surface area contributed by atoms with E-state index >= 15 is 0 Å². The summed E-state index contributed by atoms with van der Waals surface area (Å²) in [6.45, 7) is 1.53. The average molecular weight is 495 g/mol. The first-order valence-electron chi connectivity index (χ1n) is 11.1. The van der Waals surface area contributed by atoms with Crippen molar-refractivity contribution in [1.82, 2.24) is 4.90 Å². The molecule has 0 atom stereocenters. The van der Waals surface area contributed by atoms with Gasteiger partial charge in [-0.25, -0.2) is 4.39 Å². The van der Waals surface area contributed by atoms with E-state index in [9.17, 15) is 14.0 Å². The van der Waals surface area contributed by atoms with Crippen LogP contribution in [0, 0.1) is 11.2 Å². The van der Waals surface area contributed by atoms with Gasteiger partial charge in [0.1, 0.15) is 17.4 Å². The molecule has 1 aliphatic heterocycles. The van der Waals surface area contributed by atoms with Crippen LogP contribution in [0.2, 0.25) is 5.02 Å². The molecule has 35 heavy (non-hydrogen) atoms. The van der Waals surface area contributed by atoms with E-state index in [1.807, 2.05) is 4.90 Å². The van der Waals surface area contributed by atoms with Gasteiger partial charge in [-0.3, -0.25) is 15.0 Å². The van der Waals surface area contributed by atoms with Gasteiger partial charge in [-0.15, -0.1) is 0 Å². The number of benzene rings is 3. The van der Waals surface area contributed by atoms with Crippen molar-refractivity contribution in [3.05, 3.63) is 88.2 Å². The van der Waals surface area contributed by atoms with Crippen molar-refractivity contribution in [1.29, 1.82) is 5.41 Å². The van der Waals surface area contributed by atoms with Gasteiger partial charge >= 0.3 is 0 Å². The number of amides is 2. The Morgan fingerprint density at radius 3 is 2.29 bits per heavy atom. The quantitative estimate of drug-likeness (QED) is 0.315. The lowest BCUT2D eigenvalue weighted by atomic mass is 10.1. The zero-order valence-corrected chi connectivity index (χ0v) is 19.8. The summed E-state index contributed by atoms with van der Waals surface area (Å²) >= 11 is 5.90. The lowest BCUT2D eigenvalue weighted by Gasteiger charge is -2.19. The second-order valence-electron chi connectivity index (χ2n) is 8.06. The predicted octanol–water partition coefficient (Wildman–Crippen LogP) is 5.41. The van der Waals surface area contributed by atoms with Crippen LogP contribution in [0.5, 0.6) is 5.75 Å². The van der Waals surface area contributed by atoms with Gasteiger partial charge in [-0.1, -0.05) is 17.7 Å². The van der Waals surface area contributed by atoms with E-state index in [0.29, 0.717) is 22.0 Å². The summed E-state index contributed by atoms with van der Waals surface area (Å²) in [5.41, 5.74) is 1.06. The van der Waals surface area contributed by atoms with Crippen molar-refractivity contribution in [2.75, 3.05) is 30.8 Å². The number of carbonyl (C=O) groups excluding carboxylic acids is 2. The van der Waals surface area contributed by atoms with E-state index in [2.05, 4.69) is 10.6 Å². The minimum atomic E-state index is -0.746. The largest absolute Gasteiger partial charge is 0.497 e. The zero-order chi connectivity index (χ0) is 24.9. The smallest absolute Gasteiger partial charge is 0.258 e. The molecule has 180 valence electrons. The Kier molecular flexibility index (Phi) is 7.31. The van der Waals surface area contributed by atoms with Crippen molar-refractivity contribution in [3.63, 3.8) is 0 Å². The summed E-state index contributed by atoms with van der Waals surface area (Å²) in [5.74, 6) is -1.29. The number of carbonyl (C=O) groups is 2. The number of hydrogen-bond donors (Lipinski definition) is 3. The SMILES string of the molecule is COc1ccc(NC(=O)c2ccc(C(=N)N3CCCC3)cc2F)c(C(=O)Nc2ccc(Cl)cc2)c1. The lowest BCUT2D eigenvalue weighted by Crippen LogP contribution is -2.28. The molecule has 1 fully saturated rings. The van der Waals surface area contributed by atoms with E-state index in [-0.39, 0.29) is 22.6 Å². The van der Waals surface area contributed by atoms with Gasteiger partial charge < -0.3 is 20.3 Å². The standard InChI is InChI=1S/C26H24ClFN4O3/c1-35-19-9-11-23(21(15-19)26(34)30-18-7-5-17(27)6-8-18)31-25(33)20-10-4-16(14-22(20)28)24(29)32-12-2-3-13-32/h4-11,14-15,29H,2-3,12-13H2,1H3,(H,30,34)(H,31,33). The van der Waals surface area contributed by atoms with Gasteiger partial charge in [0.15, 0.2) is 0 Å². The number of halogens is 2. The molecule has 9 heteroatoms. The monoisotopic (exact) mass is 494 g/mol. The van der Waals surface area contributed by atoms with Crippen LogP contribution in [0.1, 0.15) is 39.1 Å². The summed E-state index contributed by atoms with van der Waals surface area (Å²) in [4.78, 5) is 27.8. The third kappa shape index (κ3) is 5.60. The van der Waals surface area contributed by atoms with E-state index in [1.165, 1.54) is 31.4 Å². The molecule has 0 bridgehead atoms. The highest BCUT2D eigenvalue weighted by Gasteiger charge is 2.21. The highest BCUT2D eigenvalue weighted by molar-refractivity contribution is 6.30. The second kappa shape index (κ2) is 10.6. The van der Waals surface area contributed by atoms with Crippen molar-refractivity contribution in [2.45, 2.75) is 12.8 Å². The summed E-state index contributed by atoms with van der Waals surface area (Å²) in [6.07, 6.45) is 2.00. The summed E-state index contributed by atoms with van der Waals surface area (Å²) < 4.78 is 20.1. The van der Waals surface area contributed by atoms with Crippen molar-refractivity contribution >= 4 is 40.6 Å². The summed E-state index contributed by atoms with van der Waals surface area (Å²) in [5, 5.41) is 14.2. The van der Waals surface area contributed by atoms with Gasteiger partial charge in [0.2, 0.25) is 0 Å². The van der Waals surface area contributed by atoms with E-state index in [0.717, 1.165) is 25.9 Å². The molecular weight excluding hydrogens is 471 g/mol. The average Bonchev–Trinajstić information content (AvgIpc) is 3.40. The number of ether oxygens (including phenoxy) is 1. The first kappa shape index (κ1) is 24.2. The summed E-state index contributed by atoms with van der Waals surface area (Å²) in [6, 6.07) is 15.3. The van der Waals surface area contributed by atoms with Crippen LogP contribution in [0.3, 0.4) is 0 Å². The van der Waals surface area contributed by atoms with Crippen LogP contribution in [0.25, 0.3) is 0 Å². The zero-order valence-electron chi connectivity index (χ0n) is 19.0. The molecule has 0 saturated carbocycles. The molecule has 1 heterocycles. The number of likely N-dealkylation sites (tertiary alicyclic amines) is 1. The molecule has 2 amide bonds. The molecule has 3 aromatic carbocycles. The molecule has 0 aromatic heterocycles. The van der Waals surface area contributed by atoms with Crippen LogP contribution in [-0.4, -0.2) is 42.7 Å². The Morgan fingerprint density at radius 2 is 1.63 bits per heavy atom. The maximum Gasteiger partial charge on any atom is 0.258 e. The molecule has 0 radical (unpaired) electrons. The maximum atomic E-state index is 14.9. The van der Waals surface area contributed by atoms with Crippen LogP contribution in [-0.2, 0) is 0 Å².